The first-order valence-electron chi connectivity index (χ1n) is 7.35. The Balaban J connectivity index is 1.70. The average molecular weight is 327 g/mol. The molecule has 23 heavy (non-hydrogen) atoms. The molecule has 4 nitrogen and oxygen atoms in total. The number of hydrogen-bond donors (Lipinski definition) is 0. The minimum atomic E-state index is -0.415. The zero-order chi connectivity index (χ0) is 15.8. The summed E-state index contributed by atoms with van der Waals surface area (Å²) in [6, 6.07) is 5.10. The highest BCUT2D eigenvalue weighted by atomic mass is 35.5. The number of aromatic nitrogens is 4. The number of pyridine rings is 1. The van der Waals surface area contributed by atoms with Crippen molar-refractivity contribution in [1.29, 1.82) is 0 Å². The Bertz CT molecular complexity index is 950. The van der Waals surface area contributed by atoms with Gasteiger partial charge in [-0.05, 0) is 37.0 Å². The van der Waals surface area contributed by atoms with Gasteiger partial charge in [0.2, 0.25) is 0 Å². The number of hydrogen-bond acceptors (Lipinski definition) is 3. The molecule has 4 rings (SSSR count). The standard InChI is InChI=1S/C17H12ClFN4/c18-16-13(4-3-12-7-14(19)9-20-8-12)5-6-15-17(16)21-22-23(15)10-11-1-2-11/h5-9,11H,1-2,10H2. The lowest BCUT2D eigenvalue weighted by atomic mass is 10.2. The van der Waals surface area contributed by atoms with E-state index in [2.05, 4.69) is 27.1 Å². The Morgan fingerprint density at radius 3 is 2.91 bits per heavy atom. The van der Waals surface area contributed by atoms with Gasteiger partial charge in [0.25, 0.3) is 0 Å². The Morgan fingerprint density at radius 1 is 1.26 bits per heavy atom. The van der Waals surface area contributed by atoms with Crippen LogP contribution in [0.3, 0.4) is 0 Å². The Kier molecular flexibility index (Phi) is 3.47. The van der Waals surface area contributed by atoms with Crippen molar-refractivity contribution in [3.05, 3.63) is 52.6 Å². The minimum Gasteiger partial charge on any atom is -0.260 e. The second kappa shape index (κ2) is 5.64. The highest BCUT2D eigenvalue weighted by molar-refractivity contribution is 6.36. The van der Waals surface area contributed by atoms with E-state index >= 15 is 0 Å². The van der Waals surface area contributed by atoms with Gasteiger partial charge >= 0.3 is 0 Å². The topological polar surface area (TPSA) is 43.6 Å². The van der Waals surface area contributed by atoms with Crippen LogP contribution in [-0.4, -0.2) is 20.0 Å². The highest BCUT2D eigenvalue weighted by Gasteiger charge is 2.23. The van der Waals surface area contributed by atoms with Gasteiger partial charge in [-0.3, -0.25) is 4.98 Å². The van der Waals surface area contributed by atoms with Crippen LogP contribution in [0.15, 0.2) is 30.6 Å². The lowest BCUT2D eigenvalue weighted by Crippen LogP contribution is -2.01. The smallest absolute Gasteiger partial charge is 0.142 e. The molecule has 2 heterocycles. The second-order valence-electron chi connectivity index (χ2n) is 5.65. The summed E-state index contributed by atoms with van der Waals surface area (Å²) >= 11 is 6.40. The molecule has 1 saturated carbocycles. The van der Waals surface area contributed by atoms with E-state index in [1.54, 1.807) is 0 Å². The molecule has 0 amide bonds. The van der Waals surface area contributed by atoms with Gasteiger partial charge in [-0.15, -0.1) is 5.10 Å². The number of halogens is 2. The third kappa shape index (κ3) is 2.90. The molecule has 114 valence electrons. The molecular formula is C17H12ClFN4. The molecule has 0 radical (unpaired) electrons. The zero-order valence-electron chi connectivity index (χ0n) is 12.1. The van der Waals surface area contributed by atoms with Gasteiger partial charge in [0.05, 0.1) is 16.7 Å². The minimum absolute atomic E-state index is 0.415. The second-order valence-corrected chi connectivity index (χ2v) is 6.03. The normalized spacial score (nSPS) is 13.8. The van der Waals surface area contributed by atoms with Gasteiger partial charge in [0, 0.05) is 23.9 Å². The Hall–Kier alpha value is -2.45. The lowest BCUT2D eigenvalue weighted by molar-refractivity contribution is 0.559. The zero-order valence-corrected chi connectivity index (χ0v) is 12.9. The number of nitrogens with zero attached hydrogens (tertiary/aromatic N) is 4. The number of benzene rings is 1. The molecule has 0 bridgehead atoms. The van der Waals surface area contributed by atoms with Gasteiger partial charge in [-0.25, -0.2) is 9.07 Å². The van der Waals surface area contributed by atoms with Crippen molar-refractivity contribution in [2.45, 2.75) is 19.4 Å². The molecule has 1 aliphatic rings. The number of fused-ring (bicyclic) bond motifs is 1. The van der Waals surface area contributed by atoms with Crippen LogP contribution < -0.4 is 0 Å². The summed E-state index contributed by atoms with van der Waals surface area (Å²) in [4.78, 5) is 3.77. The van der Waals surface area contributed by atoms with Crippen molar-refractivity contribution >= 4 is 22.6 Å². The molecule has 0 aliphatic heterocycles. The van der Waals surface area contributed by atoms with Crippen LogP contribution in [0.25, 0.3) is 11.0 Å². The maximum absolute atomic E-state index is 13.1. The summed E-state index contributed by atoms with van der Waals surface area (Å²) in [6.45, 7) is 0.882. The quantitative estimate of drug-likeness (QED) is 0.678. The first-order chi connectivity index (χ1) is 11.2. The van der Waals surface area contributed by atoms with E-state index in [0.29, 0.717) is 27.6 Å². The van der Waals surface area contributed by atoms with E-state index in [-0.39, 0.29) is 0 Å². The first kappa shape index (κ1) is 14.2. The summed E-state index contributed by atoms with van der Waals surface area (Å²) in [5.74, 6) is 6.10. The number of rotatable bonds is 2. The molecule has 1 aromatic carbocycles. The van der Waals surface area contributed by atoms with Crippen molar-refractivity contribution in [1.82, 2.24) is 20.0 Å². The van der Waals surface area contributed by atoms with Crippen LogP contribution in [0.4, 0.5) is 4.39 Å². The highest BCUT2D eigenvalue weighted by Crippen LogP contribution is 2.32. The third-order valence-corrected chi connectivity index (χ3v) is 4.18. The van der Waals surface area contributed by atoms with E-state index in [9.17, 15) is 4.39 Å². The largest absolute Gasteiger partial charge is 0.260 e. The summed E-state index contributed by atoms with van der Waals surface area (Å²) < 4.78 is 15.0. The van der Waals surface area contributed by atoms with Gasteiger partial charge in [0.15, 0.2) is 0 Å². The molecule has 3 aromatic rings. The van der Waals surface area contributed by atoms with Crippen LogP contribution >= 0.6 is 11.6 Å². The molecule has 0 saturated heterocycles. The van der Waals surface area contributed by atoms with E-state index in [1.807, 2.05) is 16.8 Å². The van der Waals surface area contributed by atoms with Crippen molar-refractivity contribution in [3.8, 4) is 11.8 Å². The molecule has 2 aromatic heterocycles. The fourth-order valence-corrected chi connectivity index (χ4v) is 2.65. The van der Waals surface area contributed by atoms with Gasteiger partial charge in [-0.1, -0.05) is 28.7 Å². The average Bonchev–Trinajstić information content (AvgIpc) is 3.26. The van der Waals surface area contributed by atoms with Crippen LogP contribution in [0.1, 0.15) is 24.0 Å². The molecule has 1 aliphatic carbocycles. The van der Waals surface area contributed by atoms with Crippen LogP contribution in [0, 0.1) is 23.6 Å². The monoisotopic (exact) mass is 326 g/mol. The van der Waals surface area contributed by atoms with E-state index in [4.69, 9.17) is 11.6 Å². The van der Waals surface area contributed by atoms with E-state index in [1.165, 1.54) is 25.1 Å². The first-order valence-corrected chi connectivity index (χ1v) is 7.73. The summed E-state index contributed by atoms with van der Waals surface area (Å²) in [7, 11) is 0. The molecule has 0 spiro atoms. The molecule has 1 fully saturated rings. The summed E-state index contributed by atoms with van der Waals surface area (Å²) in [5.41, 5.74) is 2.71. The Morgan fingerprint density at radius 2 is 2.13 bits per heavy atom. The molecule has 0 N–H and O–H groups in total. The fraction of sp³-hybridized carbons (Fsp3) is 0.235. The van der Waals surface area contributed by atoms with Crippen molar-refractivity contribution in [2.24, 2.45) is 5.92 Å². The predicted octanol–water partition coefficient (Wildman–Crippen LogP) is 3.43. The summed E-state index contributed by atoms with van der Waals surface area (Å²) in [5, 5.41) is 8.82. The maximum atomic E-state index is 13.1. The molecular weight excluding hydrogens is 315 g/mol. The Labute approximate surface area is 137 Å². The van der Waals surface area contributed by atoms with Crippen LogP contribution in [-0.2, 0) is 6.54 Å². The van der Waals surface area contributed by atoms with Gasteiger partial charge in [-0.2, -0.15) is 0 Å². The fourth-order valence-electron chi connectivity index (χ4n) is 2.40. The van der Waals surface area contributed by atoms with E-state index in [0.717, 1.165) is 18.3 Å². The van der Waals surface area contributed by atoms with Crippen molar-refractivity contribution in [2.75, 3.05) is 0 Å². The van der Waals surface area contributed by atoms with Gasteiger partial charge < -0.3 is 0 Å². The maximum Gasteiger partial charge on any atom is 0.142 e. The lowest BCUT2D eigenvalue weighted by Gasteiger charge is -2.01. The van der Waals surface area contributed by atoms with E-state index < -0.39 is 5.82 Å². The van der Waals surface area contributed by atoms with Gasteiger partial charge in [0.1, 0.15) is 11.3 Å². The van der Waals surface area contributed by atoms with Crippen LogP contribution in [0.2, 0.25) is 5.02 Å². The SMILES string of the molecule is Fc1cncc(C#Cc2ccc3c(nnn3CC3CC3)c2Cl)c1. The summed E-state index contributed by atoms with van der Waals surface area (Å²) in [6.07, 6.45) is 5.15. The molecule has 6 heteroatoms. The van der Waals surface area contributed by atoms with Crippen LogP contribution in [0.5, 0.6) is 0 Å². The van der Waals surface area contributed by atoms with Crippen molar-refractivity contribution < 1.29 is 4.39 Å². The third-order valence-electron chi connectivity index (χ3n) is 3.80. The molecule has 0 unspecified atom stereocenters. The van der Waals surface area contributed by atoms with Crippen molar-refractivity contribution in [3.63, 3.8) is 0 Å². The predicted molar refractivity (Wildman–Crippen MR) is 85.4 cm³/mol. The molecule has 0 atom stereocenters.